The monoisotopic (exact) mass is 302 g/mol. The molecule has 0 saturated heterocycles. The summed E-state index contributed by atoms with van der Waals surface area (Å²) in [5, 5.41) is 17.0. The van der Waals surface area contributed by atoms with Gasteiger partial charge in [-0.25, -0.2) is 4.98 Å². The van der Waals surface area contributed by atoms with Gasteiger partial charge in [0.15, 0.2) is 0 Å². The number of aliphatic hydroxyl groups is 1. The van der Waals surface area contributed by atoms with Crippen LogP contribution < -0.4 is 5.32 Å². The summed E-state index contributed by atoms with van der Waals surface area (Å²) in [7, 11) is 0. The first kappa shape index (κ1) is 14.7. The number of nitrogens with zero attached hydrogens (tertiary/aromatic N) is 1. The fourth-order valence-electron chi connectivity index (χ4n) is 2.92. The van der Waals surface area contributed by atoms with Gasteiger partial charge in [-0.1, -0.05) is 49.6 Å². The van der Waals surface area contributed by atoms with Crippen LogP contribution in [0.3, 0.4) is 0 Å². The standard InChI is InChI=1S/C17H22N2OS/c20-17(9-5-2-6-10-17)13-18-11-16-19-15(12-21-16)14-7-3-1-4-8-14/h1,3-4,7-8,12,18,20H,2,5-6,9-11,13H2. The zero-order valence-electron chi connectivity index (χ0n) is 12.2. The molecule has 112 valence electrons. The molecule has 1 heterocycles. The van der Waals surface area contributed by atoms with Crippen LogP contribution >= 0.6 is 11.3 Å². The average Bonchev–Trinajstić information content (AvgIpc) is 2.98. The number of aromatic nitrogens is 1. The van der Waals surface area contributed by atoms with Crippen molar-refractivity contribution in [2.24, 2.45) is 0 Å². The number of rotatable bonds is 5. The summed E-state index contributed by atoms with van der Waals surface area (Å²) in [5.74, 6) is 0. The van der Waals surface area contributed by atoms with Crippen LogP contribution in [0, 0.1) is 0 Å². The normalized spacial score (nSPS) is 17.8. The van der Waals surface area contributed by atoms with E-state index in [-0.39, 0.29) is 0 Å². The highest BCUT2D eigenvalue weighted by Gasteiger charge is 2.28. The van der Waals surface area contributed by atoms with Gasteiger partial charge in [0.2, 0.25) is 0 Å². The maximum Gasteiger partial charge on any atom is 0.107 e. The van der Waals surface area contributed by atoms with E-state index in [4.69, 9.17) is 0 Å². The summed E-state index contributed by atoms with van der Waals surface area (Å²) in [6, 6.07) is 10.2. The fourth-order valence-corrected chi connectivity index (χ4v) is 3.70. The molecule has 2 aromatic rings. The van der Waals surface area contributed by atoms with Gasteiger partial charge < -0.3 is 10.4 Å². The molecule has 0 radical (unpaired) electrons. The Bertz CT molecular complexity index is 561. The van der Waals surface area contributed by atoms with E-state index in [2.05, 4.69) is 27.8 Å². The fraction of sp³-hybridized carbons (Fsp3) is 0.471. The molecule has 0 unspecified atom stereocenters. The minimum absolute atomic E-state index is 0.502. The van der Waals surface area contributed by atoms with Crippen molar-refractivity contribution >= 4 is 11.3 Å². The molecule has 1 aliphatic carbocycles. The summed E-state index contributed by atoms with van der Waals surface area (Å²) < 4.78 is 0. The minimum atomic E-state index is -0.502. The van der Waals surface area contributed by atoms with Gasteiger partial charge in [0.25, 0.3) is 0 Å². The Morgan fingerprint density at radius 1 is 1.14 bits per heavy atom. The Morgan fingerprint density at radius 2 is 1.90 bits per heavy atom. The smallest absolute Gasteiger partial charge is 0.107 e. The number of nitrogens with one attached hydrogen (secondary N) is 1. The third-order valence-corrected chi connectivity index (χ3v) is 4.98. The van der Waals surface area contributed by atoms with Gasteiger partial charge >= 0.3 is 0 Å². The first-order valence-corrected chi connectivity index (χ1v) is 8.56. The zero-order chi connectivity index (χ0) is 14.5. The van der Waals surface area contributed by atoms with E-state index in [9.17, 15) is 5.11 Å². The summed E-state index contributed by atoms with van der Waals surface area (Å²) in [4.78, 5) is 4.66. The second-order valence-electron chi connectivity index (χ2n) is 5.88. The number of benzene rings is 1. The first-order chi connectivity index (χ1) is 10.3. The van der Waals surface area contributed by atoms with Gasteiger partial charge in [0.05, 0.1) is 11.3 Å². The zero-order valence-corrected chi connectivity index (χ0v) is 13.0. The van der Waals surface area contributed by atoms with Gasteiger partial charge in [-0.2, -0.15) is 0 Å². The molecule has 1 aromatic heterocycles. The van der Waals surface area contributed by atoms with Gasteiger partial charge in [0, 0.05) is 24.0 Å². The van der Waals surface area contributed by atoms with E-state index in [1.807, 2.05) is 18.2 Å². The molecule has 0 aliphatic heterocycles. The van der Waals surface area contributed by atoms with E-state index in [0.717, 1.165) is 48.5 Å². The Labute approximate surface area is 130 Å². The Morgan fingerprint density at radius 3 is 2.67 bits per heavy atom. The Balaban J connectivity index is 1.53. The van der Waals surface area contributed by atoms with Gasteiger partial charge in [-0.3, -0.25) is 0 Å². The predicted molar refractivity (Wildman–Crippen MR) is 87.3 cm³/mol. The highest BCUT2D eigenvalue weighted by Crippen LogP contribution is 2.27. The third-order valence-electron chi connectivity index (χ3n) is 4.14. The molecule has 2 N–H and O–H groups in total. The van der Waals surface area contributed by atoms with Gasteiger partial charge in [-0.05, 0) is 12.8 Å². The lowest BCUT2D eigenvalue weighted by Crippen LogP contribution is -2.41. The van der Waals surface area contributed by atoms with Crippen molar-refractivity contribution in [1.29, 1.82) is 0 Å². The summed E-state index contributed by atoms with van der Waals surface area (Å²) in [6.07, 6.45) is 5.40. The van der Waals surface area contributed by atoms with Crippen molar-refractivity contribution < 1.29 is 5.11 Å². The Kier molecular flexibility index (Phi) is 4.68. The number of hydrogen-bond acceptors (Lipinski definition) is 4. The largest absolute Gasteiger partial charge is 0.389 e. The molecule has 0 bridgehead atoms. The van der Waals surface area contributed by atoms with E-state index in [0.29, 0.717) is 6.54 Å². The van der Waals surface area contributed by atoms with Crippen molar-refractivity contribution in [2.45, 2.75) is 44.2 Å². The first-order valence-electron chi connectivity index (χ1n) is 7.68. The van der Waals surface area contributed by atoms with Gasteiger partial charge in [0.1, 0.15) is 5.01 Å². The highest BCUT2D eigenvalue weighted by molar-refractivity contribution is 7.09. The lowest BCUT2D eigenvalue weighted by Gasteiger charge is -2.32. The quantitative estimate of drug-likeness (QED) is 0.887. The highest BCUT2D eigenvalue weighted by atomic mass is 32.1. The summed E-state index contributed by atoms with van der Waals surface area (Å²) in [6.45, 7) is 1.41. The summed E-state index contributed by atoms with van der Waals surface area (Å²) >= 11 is 1.67. The van der Waals surface area contributed by atoms with Crippen LogP contribution in [0.1, 0.15) is 37.1 Å². The van der Waals surface area contributed by atoms with E-state index in [1.165, 1.54) is 6.42 Å². The van der Waals surface area contributed by atoms with Crippen LogP contribution in [0.5, 0.6) is 0 Å². The minimum Gasteiger partial charge on any atom is -0.389 e. The molecule has 21 heavy (non-hydrogen) atoms. The Hall–Kier alpha value is -1.23. The van der Waals surface area contributed by atoms with Crippen molar-refractivity contribution in [3.8, 4) is 11.3 Å². The molecule has 0 spiro atoms. The SMILES string of the molecule is OC1(CNCc2nc(-c3ccccc3)cs2)CCCCC1. The molecule has 1 aliphatic rings. The molecule has 3 nitrogen and oxygen atoms in total. The van der Waals surface area contributed by atoms with E-state index < -0.39 is 5.60 Å². The van der Waals surface area contributed by atoms with Crippen LogP contribution in [0.2, 0.25) is 0 Å². The second kappa shape index (κ2) is 6.69. The second-order valence-corrected chi connectivity index (χ2v) is 6.82. The predicted octanol–water partition coefficient (Wildman–Crippen LogP) is 3.59. The van der Waals surface area contributed by atoms with Crippen LogP contribution in [0.4, 0.5) is 0 Å². The molecule has 3 rings (SSSR count). The van der Waals surface area contributed by atoms with Gasteiger partial charge in [-0.15, -0.1) is 11.3 Å². The van der Waals surface area contributed by atoms with Crippen molar-refractivity contribution in [2.75, 3.05) is 6.54 Å². The number of thiazole rings is 1. The van der Waals surface area contributed by atoms with E-state index >= 15 is 0 Å². The van der Waals surface area contributed by atoms with Crippen molar-refractivity contribution in [1.82, 2.24) is 10.3 Å². The molecular weight excluding hydrogens is 280 g/mol. The third kappa shape index (κ3) is 3.90. The van der Waals surface area contributed by atoms with Crippen molar-refractivity contribution in [3.63, 3.8) is 0 Å². The maximum absolute atomic E-state index is 10.5. The lowest BCUT2D eigenvalue weighted by atomic mass is 9.85. The van der Waals surface area contributed by atoms with Crippen LogP contribution in [0.25, 0.3) is 11.3 Å². The molecule has 4 heteroatoms. The van der Waals surface area contributed by atoms with E-state index in [1.54, 1.807) is 11.3 Å². The van der Waals surface area contributed by atoms with Crippen LogP contribution in [-0.4, -0.2) is 22.2 Å². The average molecular weight is 302 g/mol. The molecule has 0 amide bonds. The molecular formula is C17H22N2OS. The van der Waals surface area contributed by atoms with Crippen LogP contribution in [-0.2, 0) is 6.54 Å². The topological polar surface area (TPSA) is 45.1 Å². The molecule has 1 fully saturated rings. The molecule has 1 aromatic carbocycles. The number of hydrogen-bond donors (Lipinski definition) is 2. The van der Waals surface area contributed by atoms with Crippen LogP contribution in [0.15, 0.2) is 35.7 Å². The molecule has 1 saturated carbocycles. The maximum atomic E-state index is 10.5. The lowest BCUT2D eigenvalue weighted by molar-refractivity contribution is 0.00467. The van der Waals surface area contributed by atoms with Crippen molar-refractivity contribution in [3.05, 3.63) is 40.7 Å². The molecule has 0 atom stereocenters. The summed E-state index contributed by atoms with van der Waals surface area (Å²) in [5.41, 5.74) is 1.69.